The van der Waals surface area contributed by atoms with Gasteiger partial charge in [-0.3, -0.25) is 9.78 Å². The Bertz CT molecular complexity index is 607. The van der Waals surface area contributed by atoms with Crippen molar-refractivity contribution < 1.29 is 14.7 Å². The summed E-state index contributed by atoms with van der Waals surface area (Å²) in [6.07, 6.45) is 1.54. The number of nitrogens with one attached hydrogen (secondary N) is 1. The number of pyridine rings is 1. The number of nitrogens with zero attached hydrogens (tertiary/aromatic N) is 1. The first kappa shape index (κ1) is 12.3. The molecule has 5 nitrogen and oxygen atoms in total. The van der Waals surface area contributed by atoms with E-state index in [2.05, 4.69) is 10.3 Å². The lowest BCUT2D eigenvalue weighted by Gasteiger charge is -2.04. The maximum absolute atomic E-state index is 11.9. The molecular formula is C12H10N2O3S. The molecule has 2 N–H and O–H groups in total. The number of hydrogen-bond donors (Lipinski definition) is 2. The Morgan fingerprint density at radius 3 is 2.83 bits per heavy atom. The summed E-state index contributed by atoms with van der Waals surface area (Å²) in [6.45, 7) is 1.78. The molecule has 0 saturated heterocycles. The van der Waals surface area contributed by atoms with Crippen molar-refractivity contribution >= 4 is 28.2 Å². The van der Waals surface area contributed by atoms with Crippen molar-refractivity contribution in [2.45, 2.75) is 6.92 Å². The summed E-state index contributed by atoms with van der Waals surface area (Å²) in [6, 6.07) is 4.68. The van der Waals surface area contributed by atoms with Crippen LogP contribution in [0.3, 0.4) is 0 Å². The molecule has 0 radical (unpaired) electrons. The number of thiophene rings is 1. The fraction of sp³-hybridized carbons (Fsp3) is 0.0833. The van der Waals surface area contributed by atoms with Crippen molar-refractivity contribution in [1.29, 1.82) is 0 Å². The van der Waals surface area contributed by atoms with Crippen LogP contribution >= 0.6 is 11.3 Å². The number of anilines is 1. The van der Waals surface area contributed by atoms with Gasteiger partial charge in [0.25, 0.3) is 5.91 Å². The third-order valence-electron chi connectivity index (χ3n) is 2.28. The largest absolute Gasteiger partial charge is 0.478 e. The van der Waals surface area contributed by atoms with Gasteiger partial charge in [0.1, 0.15) is 5.00 Å². The molecule has 18 heavy (non-hydrogen) atoms. The quantitative estimate of drug-likeness (QED) is 0.890. The van der Waals surface area contributed by atoms with Crippen LogP contribution in [-0.2, 0) is 0 Å². The summed E-state index contributed by atoms with van der Waals surface area (Å²) in [4.78, 5) is 26.8. The highest BCUT2D eigenvalue weighted by Gasteiger charge is 2.14. The molecule has 2 rings (SSSR count). The van der Waals surface area contributed by atoms with E-state index in [9.17, 15) is 9.59 Å². The minimum absolute atomic E-state index is 0.0964. The Morgan fingerprint density at radius 2 is 2.17 bits per heavy atom. The van der Waals surface area contributed by atoms with E-state index in [0.29, 0.717) is 10.6 Å². The first-order chi connectivity index (χ1) is 8.58. The topological polar surface area (TPSA) is 79.3 Å². The molecule has 0 spiro atoms. The number of aromatic carboxylic acids is 1. The molecule has 0 aromatic carbocycles. The number of aryl methyl sites for hydroxylation is 1. The molecule has 92 valence electrons. The van der Waals surface area contributed by atoms with Crippen LogP contribution in [0, 0.1) is 6.92 Å². The molecule has 0 atom stereocenters. The van der Waals surface area contributed by atoms with Gasteiger partial charge < -0.3 is 10.4 Å². The number of hydrogen-bond acceptors (Lipinski definition) is 4. The lowest BCUT2D eigenvalue weighted by Crippen LogP contribution is -2.13. The minimum atomic E-state index is -1.06. The number of rotatable bonds is 3. The predicted octanol–water partition coefficient (Wildman–Crippen LogP) is 2.40. The zero-order chi connectivity index (χ0) is 13.1. The minimum Gasteiger partial charge on any atom is -0.478 e. The third kappa shape index (κ3) is 2.54. The zero-order valence-electron chi connectivity index (χ0n) is 9.51. The molecular weight excluding hydrogens is 252 g/mol. The van der Waals surface area contributed by atoms with Crippen molar-refractivity contribution in [2.24, 2.45) is 0 Å². The second-order valence-corrected chi connectivity index (χ2v) is 4.52. The third-order valence-corrected chi connectivity index (χ3v) is 3.11. The average Bonchev–Trinajstić information content (AvgIpc) is 2.77. The van der Waals surface area contributed by atoms with Gasteiger partial charge in [-0.1, -0.05) is 0 Å². The van der Waals surface area contributed by atoms with Gasteiger partial charge in [-0.2, -0.15) is 0 Å². The molecule has 0 aliphatic heterocycles. The molecule has 2 aromatic heterocycles. The number of aromatic nitrogens is 1. The van der Waals surface area contributed by atoms with Crippen LogP contribution in [0.2, 0.25) is 0 Å². The smallest absolute Gasteiger partial charge is 0.338 e. The number of carbonyl (C=O) groups excluding carboxylic acids is 1. The highest BCUT2D eigenvalue weighted by Crippen LogP contribution is 2.23. The van der Waals surface area contributed by atoms with E-state index in [1.165, 1.54) is 23.6 Å². The molecule has 0 unspecified atom stereocenters. The summed E-state index contributed by atoms with van der Waals surface area (Å²) in [5.41, 5.74) is 1.28. The van der Waals surface area contributed by atoms with E-state index in [-0.39, 0.29) is 11.5 Å². The van der Waals surface area contributed by atoms with Crippen molar-refractivity contribution in [3.05, 3.63) is 46.6 Å². The van der Waals surface area contributed by atoms with Crippen molar-refractivity contribution in [1.82, 2.24) is 4.98 Å². The van der Waals surface area contributed by atoms with Crippen LogP contribution in [0.4, 0.5) is 5.00 Å². The van der Waals surface area contributed by atoms with Gasteiger partial charge in [-0.25, -0.2) is 4.79 Å². The van der Waals surface area contributed by atoms with E-state index >= 15 is 0 Å². The summed E-state index contributed by atoms with van der Waals surface area (Å²) >= 11 is 1.18. The van der Waals surface area contributed by atoms with Crippen LogP contribution in [0.5, 0.6) is 0 Å². The Balaban J connectivity index is 2.21. The molecule has 6 heteroatoms. The van der Waals surface area contributed by atoms with E-state index in [0.717, 1.165) is 5.69 Å². The van der Waals surface area contributed by atoms with Crippen LogP contribution in [-0.4, -0.2) is 22.0 Å². The molecule has 0 aliphatic rings. The van der Waals surface area contributed by atoms with Crippen molar-refractivity contribution in [3.63, 3.8) is 0 Å². The lowest BCUT2D eigenvalue weighted by molar-refractivity contribution is 0.0698. The van der Waals surface area contributed by atoms with E-state index in [1.54, 1.807) is 24.4 Å². The summed E-state index contributed by atoms with van der Waals surface area (Å²) in [7, 11) is 0. The standard InChI is InChI=1S/C12H10N2O3S/c1-7-6-8(2-4-13-7)10(15)14-11-9(12(16)17)3-5-18-11/h2-6H,1H3,(H,14,15)(H,16,17). The lowest BCUT2D eigenvalue weighted by atomic mass is 10.2. The maximum atomic E-state index is 11.9. The SMILES string of the molecule is Cc1cc(C(=O)Nc2sccc2C(=O)O)ccn1. The molecule has 2 heterocycles. The van der Waals surface area contributed by atoms with Gasteiger partial charge in [-0.05, 0) is 30.5 Å². The second-order valence-electron chi connectivity index (χ2n) is 3.61. The summed E-state index contributed by atoms with van der Waals surface area (Å²) < 4.78 is 0. The normalized spacial score (nSPS) is 10.1. The number of carbonyl (C=O) groups is 2. The summed E-state index contributed by atoms with van der Waals surface area (Å²) in [5, 5.41) is 13.5. The second kappa shape index (κ2) is 4.97. The van der Waals surface area contributed by atoms with Gasteiger partial charge >= 0.3 is 5.97 Å². The fourth-order valence-corrected chi connectivity index (χ4v) is 2.21. The molecule has 0 fully saturated rings. The number of carboxylic acid groups (broad SMARTS) is 1. The fourth-order valence-electron chi connectivity index (χ4n) is 1.44. The van der Waals surface area contributed by atoms with E-state index in [4.69, 9.17) is 5.11 Å². The van der Waals surface area contributed by atoms with Crippen molar-refractivity contribution in [3.8, 4) is 0 Å². The van der Waals surface area contributed by atoms with Crippen LogP contribution < -0.4 is 5.32 Å². The van der Waals surface area contributed by atoms with E-state index < -0.39 is 5.97 Å². The van der Waals surface area contributed by atoms with Crippen LogP contribution in [0.15, 0.2) is 29.8 Å². The van der Waals surface area contributed by atoms with E-state index in [1.807, 2.05) is 0 Å². The Labute approximate surface area is 107 Å². The van der Waals surface area contributed by atoms with Crippen LogP contribution in [0.1, 0.15) is 26.4 Å². The summed E-state index contributed by atoms with van der Waals surface area (Å²) in [5.74, 6) is -1.40. The zero-order valence-corrected chi connectivity index (χ0v) is 10.3. The molecule has 0 aliphatic carbocycles. The first-order valence-corrected chi connectivity index (χ1v) is 6.00. The Morgan fingerprint density at radius 1 is 1.39 bits per heavy atom. The van der Waals surface area contributed by atoms with Crippen molar-refractivity contribution in [2.75, 3.05) is 5.32 Å². The Hall–Kier alpha value is -2.21. The van der Waals surface area contributed by atoms with Gasteiger partial charge in [0.15, 0.2) is 0 Å². The number of carboxylic acids is 1. The highest BCUT2D eigenvalue weighted by molar-refractivity contribution is 7.14. The van der Waals surface area contributed by atoms with Crippen LogP contribution in [0.25, 0.3) is 0 Å². The highest BCUT2D eigenvalue weighted by atomic mass is 32.1. The van der Waals surface area contributed by atoms with Gasteiger partial charge in [0, 0.05) is 17.5 Å². The molecule has 0 saturated carbocycles. The average molecular weight is 262 g/mol. The van der Waals surface area contributed by atoms with Gasteiger partial charge in [0.05, 0.1) is 5.56 Å². The van der Waals surface area contributed by atoms with Gasteiger partial charge in [0.2, 0.25) is 0 Å². The maximum Gasteiger partial charge on any atom is 0.338 e. The predicted molar refractivity (Wildman–Crippen MR) is 68.2 cm³/mol. The number of amides is 1. The molecule has 0 bridgehead atoms. The first-order valence-electron chi connectivity index (χ1n) is 5.12. The monoisotopic (exact) mass is 262 g/mol. The molecule has 1 amide bonds. The molecule has 2 aromatic rings. The van der Waals surface area contributed by atoms with Gasteiger partial charge in [-0.15, -0.1) is 11.3 Å². The Kier molecular flexibility index (Phi) is 3.38.